The molecule has 1 N–H and O–H groups in total. The quantitative estimate of drug-likeness (QED) is 0.756. The molecule has 8 nitrogen and oxygen atoms in total. The van der Waals surface area contributed by atoms with E-state index in [4.69, 9.17) is 14.9 Å². The van der Waals surface area contributed by atoms with Crippen LogP contribution in [-0.2, 0) is 4.79 Å². The van der Waals surface area contributed by atoms with Gasteiger partial charge in [-0.2, -0.15) is 15.1 Å². The van der Waals surface area contributed by atoms with E-state index in [1.54, 1.807) is 20.3 Å². The molecule has 0 aliphatic carbocycles. The Labute approximate surface area is 178 Å². The van der Waals surface area contributed by atoms with Crippen molar-refractivity contribution >= 4 is 39.8 Å². The highest BCUT2D eigenvalue weighted by atomic mass is 32.2. The number of hydrogen-bond donors (Lipinski definition) is 1. The molecule has 1 aromatic heterocycles. The summed E-state index contributed by atoms with van der Waals surface area (Å²) >= 11 is 1.29. The van der Waals surface area contributed by atoms with Gasteiger partial charge in [-0.3, -0.25) is 10.2 Å². The van der Waals surface area contributed by atoms with Crippen LogP contribution in [0, 0.1) is 19.3 Å². The molecule has 154 valence electrons. The zero-order chi connectivity index (χ0) is 21.6. The molecule has 1 amide bonds. The highest BCUT2D eigenvalue weighted by molar-refractivity contribution is 8.26. The number of amides is 1. The first-order valence-corrected chi connectivity index (χ1v) is 10.0. The number of hydrogen-bond acceptors (Lipinski definition) is 6. The van der Waals surface area contributed by atoms with Crippen LogP contribution in [0.5, 0.6) is 11.5 Å². The van der Waals surface area contributed by atoms with Crippen LogP contribution < -0.4 is 9.47 Å². The van der Waals surface area contributed by atoms with Gasteiger partial charge in [0.15, 0.2) is 5.84 Å². The number of rotatable bonds is 4. The molecule has 0 saturated heterocycles. The number of aromatic nitrogens is 1. The van der Waals surface area contributed by atoms with Gasteiger partial charge in [-0.15, -0.1) is 0 Å². The molecule has 1 aromatic carbocycles. The first-order chi connectivity index (χ1) is 14.3. The maximum Gasteiger partial charge on any atom is 0.283 e. The second-order valence-corrected chi connectivity index (χ2v) is 8.00. The van der Waals surface area contributed by atoms with Gasteiger partial charge < -0.3 is 14.0 Å². The third-order valence-electron chi connectivity index (χ3n) is 4.95. The SMILES string of the molecule is COc1ccc(-n2c(C)cc(/C=C3\C(=N)N4N=C(C)SC4=NC3=O)c2C)c(OC)c1. The number of carbonyl (C=O) groups is 1. The number of carbonyl (C=O) groups excluding carboxylic acids is 1. The number of amidine groups is 2. The monoisotopic (exact) mass is 423 g/mol. The molecule has 0 radical (unpaired) electrons. The summed E-state index contributed by atoms with van der Waals surface area (Å²) in [6, 6.07) is 7.60. The molecule has 0 saturated carbocycles. The number of fused-ring (bicyclic) bond motifs is 1. The van der Waals surface area contributed by atoms with Crippen LogP contribution in [0.2, 0.25) is 0 Å². The number of aryl methyl sites for hydroxylation is 1. The molecule has 0 bridgehead atoms. The maximum absolute atomic E-state index is 12.6. The maximum atomic E-state index is 12.6. The molecule has 0 spiro atoms. The lowest BCUT2D eigenvalue weighted by atomic mass is 10.1. The van der Waals surface area contributed by atoms with Crippen LogP contribution in [0.25, 0.3) is 11.8 Å². The van der Waals surface area contributed by atoms with Crippen molar-refractivity contribution < 1.29 is 14.3 Å². The summed E-state index contributed by atoms with van der Waals surface area (Å²) < 4.78 is 12.9. The Morgan fingerprint density at radius 3 is 2.60 bits per heavy atom. The lowest BCUT2D eigenvalue weighted by Crippen LogP contribution is -2.35. The number of nitrogens with zero attached hydrogens (tertiary/aromatic N) is 4. The van der Waals surface area contributed by atoms with Crippen molar-refractivity contribution in [2.45, 2.75) is 20.8 Å². The predicted molar refractivity (Wildman–Crippen MR) is 119 cm³/mol. The smallest absolute Gasteiger partial charge is 0.283 e. The Balaban J connectivity index is 1.79. The van der Waals surface area contributed by atoms with E-state index >= 15 is 0 Å². The van der Waals surface area contributed by atoms with Crippen LogP contribution in [0.15, 0.2) is 39.9 Å². The molecule has 9 heteroatoms. The van der Waals surface area contributed by atoms with Crippen molar-refractivity contribution in [3.63, 3.8) is 0 Å². The zero-order valence-corrected chi connectivity index (χ0v) is 18.1. The van der Waals surface area contributed by atoms with Gasteiger partial charge in [-0.1, -0.05) is 0 Å². The van der Waals surface area contributed by atoms with Crippen molar-refractivity contribution in [2.75, 3.05) is 14.2 Å². The van der Waals surface area contributed by atoms with Gasteiger partial charge in [0.2, 0.25) is 5.17 Å². The van der Waals surface area contributed by atoms with E-state index in [2.05, 4.69) is 10.1 Å². The normalized spacial score (nSPS) is 17.2. The van der Waals surface area contributed by atoms with E-state index in [1.165, 1.54) is 16.8 Å². The van der Waals surface area contributed by atoms with Gasteiger partial charge in [0, 0.05) is 17.5 Å². The van der Waals surface area contributed by atoms with Crippen molar-refractivity contribution in [3.05, 3.63) is 46.8 Å². The van der Waals surface area contributed by atoms with Gasteiger partial charge >= 0.3 is 0 Å². The van der Waals surface area contributed by atoms with Crippen LogP contribution in [0.3, 0.4) is 0 Å². The number of nitrogens with one attached hydrogen (secondary N) is 1. The summed E-state index contributed by atoms with van der Waals surface area (Å²) in [7, 11) is 3.23. The van der Waals surface area contributed by atoms with Gasteiger partial charge in [-0.25, -0.2) is 0 Å². The molecule has 2 aromatic rings. The van der Waals surface area contributed by atoms with Crippen LogP contribution in [-0.4, -0.2) is 45.7 Å². The Hall–Kier alpha value is -3.33. The minimum Gasteiger partial charge on any atom is -0.497 e. The van der Waals surface area contributed by atoms with Crippen molar-refractivity contribution in [1.29, 1.82) is 5.41 Å². The molecular formula is C21H21N5O3S. The summed E-state index contributed by atoms with van der Waals surface area (Å²) in [5.74, 6) is 0.969. The van der Waals surface area contributed by atoms with Gasteiger partial charge in [0.25, 0.3) is 5.91 Å². The van der Waals surface area contributed by atoms with E-state index in [-0.39, 0.29) is 11.4 Å². The van der Waals surface area contributed by atoms with E-state index in [1.807, 2.05) is 49.6 Å². The standard InChI is InChI=1S/C21H21N5O3S/c1-11-8-14(9-16-19(22)26-21(23-20(16)27)30-13(3)24-26)12(2)25(11)17-7-6-15(28-4)10-18(17)29-5/h6-10,22H,1-5H3/b16-9+,22-19?. The third-order valence-corrected chi connectivity index (χ3v) is 5.78. The lowest BCUT2D eigenvalue weighted by molar-refractivity contribution is -0.114. The lowest BCUT2D eigenvalue weighted by Gasteiger charge is -2.20. The Morgan fingerprint density at radius 1 is 1.13 bits per heavy atom. The average Bonchev–Trinajstić information content (AvgIpc) is 3.23. The fourth-order valence-corrected chi connectivity index (χ4v) is 4.25. The van der Waals surface area contributed by atoms with Crippen LogP contribution in [0.1, 0.15) is 23.9 Å². The molecule has 0 unspecified atom stereocenters. The molecule has 30 heavy (non-hydrogen) atoms. The van der Waals surface area contributed by atoms with Crippen molar-refractivity contribution in [3.8, 4) is 17.2 Å². The second-order valence-electron chi connectivity index (χ2n) is 6.84. The molecule has 4 rings (SSSR count). The van der Waals surface area contributed by atoms with Gasteiger partial charge in [-0.05, 0) is 62.4 Å². The Bertz CT molecular complexity index is 1180. The number of aliphatic imine (C=N–C) groups is 1. The zero-order valence-electron chi connectivity index (χ0n) is 17.3. The first-order valence-electron chi connectivity index (χ1n) is 9.22. The van der Waals surface area contributed by atoms with Gasteiger partial charge in [0.05, 0.1) is 30.5 Å². The van der Waals surface area contributed by atoms with E-state index in [0.29, 0.717) is 16.7 Å². The number of thioether (sulfide) groups is 1. The van der Waals surface area contributed by atoms with Crippen molar-refractivity contribution in [2.24, 2.45) is 10.1 Å². The number of ether oxygens (including phenoxy) is 2. The Morgan fingerprint density at radius 2 is 1.90 bits per heavy atom. The first kappa shape index (κ1) is 20.0. The highest BCUT2D eigenvalue weighted by Crippen LogP contribution is 2.33. The predicted octanol–water partition coefficient (Wildman–Crippen LogP) is 3.75. The van der Waals surface area contributed by atoms with Crippen molar-refractivity contribution in [1.82, 2.24) is 9.58 Å². The summed E-state index contributed by atoms with van der Waals surface area (Å²) in [5.41, 5.74) is 3.77. The second kappa shape index (κ2) is 7.49. The minimum absolute atomic E-state index is 0.0289. The topological polar surface area (TPSA) is 92.3 Å². The van der Waals surface area contributed by atoms with Crippen LogP contribution in [0.4, 0.5) is 0 Å². The van der Waals surface area contributed by atoms with E-state index in [9.17, 15) is 4.79 Å². The fourth-order valence-electron chi connectivity index (χ4n) is 3.52. The number of methoxy groups -OCH3 is 2. The fraction of sp³-hybridized carbons (Fsp3) is 0.238. The Kier molecular flexibility index (Phi) is 4.98. The van der Waals surface area contributed by atoms with E-state index < -0.39 is 5.91 Å². The molecule has 3 heterocycles. The largest absolute Gasteiger partial charge is 0.497 e. The molecule has 0 atom stereocenters. The molecular weight excluding hydrogens is 402 g/mol. The molecule has 2 aliphatic rings. The third kappa shape index (κ3) is 3.21. The summed E-state index contributed by atoms with van der Waals surface area (Å²) in [6.45, 7) is 5.76. The summed E-state index contributed by atoms with van der Waals surface area (Å²) in [4.78, 5) is 16.7. The molecule has 2 aliphatic heterocycles. The summed E-state index contributed by atoms with van der Waals surface area (Å²) in [5, 5.41) is 15.3. The highest BCUT2D eigenvalue weighted by Gasteiger charge is 2.34. The number of hydrazone groups is 1. The van der Waals surface area contributed by atoms with Crippen LogP contribution >= 0.6 is 11.8 Å². The number of benzene rings is 1. The van der Waals surface area contributed by atoms with E-state index in [0.717, 1.165) is 27.7 Å². The minimum atomic E-state index is -0.435. The average molecular weight is 423 g/mol. The molecule has 0 fully saturated rings. The van der Waals surface area contributed by atoms with Gasteiger partial charge in [0.1, 0.15) is 11.5 Å². The summed E-state index contributed by atoms with van der Waals surface area (Å²) in [6.07, 6.45) is 1.70.